The van der Waals surface area contributed by atoms with Crippen LogP contribution in [0.25, 0.3) is 0 Å². The fourth-order valence-electron chi connectivity index (χ4n) is 2.44. The Morgan fingerprint density at radius 3 is 3.00 bits per heavy atom. The molecule has 0 saturated carbocycles. The molecule has 1 atom stereocenters. The summed E-state index contributed by atoms with van der Waals surface area (Å²) in [5.74, 6) is 0.425. The van der Waals surface area contributed by atoms with Crippen LogP contribution in [0.3, 0.4) is 0 Å². The molecule has 92 valence electrons. The quantitative estimate of drug-likeness (QED) is 0.751. The molecule has 0 amide bonds. The monoisotopic (exact) mass is 235 g/mol. The Balaban J connectivity index is 2.05. The maximum atomic E-state index is 13.7. The van der Waals surface area contributed by atoms with E-state index in [2.05, 4.69) is 11.8 Å². The summed E-state index contributed by atoms with van der Waals surface area (Å²) in [4.78, 5) is 12.8. The van der Waals surface area contributed by atoms with Crippen molar-refractivity contribution in [1.29, 1.82) is 0 Å². The summed E-state index contributed by atoms with van der Waals surface area (Å²) < 4.78 is 13.7. The number of carbonyl (C=O) groups is 1. The maximum absolute atomic E-state index is 13.7. The number of nitrogens with zero attached hydrogens (tertiary/aromatic N) is 1. The van der Waals surface area contributed by atoms with Gasteiger partial charge in [0.05, 0.1) is 0 Å². The van der Waals surface area contributed by atoms with Crippen molar-refractivity contribution in [3.05, 3.63) is 35.1 Å². The second-order valence-electron chi connectivity index (χ2n) is 4.95. The Morgan fingerprint density at radius 2 is 2.35 bits per heavy atom. The summed E-state index contributed by atoms with van der Waals surface area (Å²) in [5, 5.41) is 0. The number of aldehydes is 1. The molecule has 17 heavy (non-hydrogen) atoms. The highest BCUT2D eigenvalue weighted by Gasteiger charge is 2.17. The summed E-state index contributed by atoms with van der Waals surface area (Å²) in [7, 11) is 0. The minimum Gasteiger partial charge on any atom is -0.299 e. The molecular formula is C14H18FNO. The van der Waals surface area contributed by atoms with Crippen molar-refractivity contribution >= 4 is 6.29 Å². The SMILES string of the molecule is C[C@@H]1CCCN(Cc2ccc(C=O)cc2F)C1. The lowest BCUT2D eigenvalue weighted by atomic mass is 9.99. The minimum atomic E-state index is -0.271. The lowest BCUT2D eigenvalue weighted by Crippen LogP contribution is -2.33. The lowest BCUT2D eigenvalue weighted by molar-refractivity contribution is 0.112. The van der Waals surface area contributed by atoms with Crippen molar-refractivity contribution in [2.75, 3.05) is 13.1 Å². The van der Waals surface area contributed by atoms with Gasteiger partial charge in [0.25, 0.3) is 0 Å². The first-order valence-electron chi connectivity index (χ1n) is 6.15. The van der Waals surface area contributed by atoms with E-state index in [1.165, 1.54) is 18.9 Å². The Morgan fingerprint density at radius 1 is 1.53 bits per heavy atom. The number of halogens is 1. The summed E-state index contributed by atoms with van der Waals surface area (Å²) >= 11 is 0. The molecule has 1 saturated heterocycles. The second-order valence-corrected chi connectivity index (χ2v) is 4.95. The van der Waals surface area contributed by atoms with Gasteiger partial charge in [-0.2, -0.15) is 0 Å². The Bertz CT molecular complexity index is 405. The molecule has 1 fully saturated rings. The molecule has 1 aromatic carbocycles. The van der Waals surface area contributed by atoms with E-state index in [0.29, 0.717) is 29.9 Å². The van der Waals surface area contributed by atoms with Gasteiger partial charge in [-0.3, -0.25) is 9.69 Å². The molecule has 0 N–H and O–H groups in total. The maximum Gasteiger partial charge on any atom is 0.150 e. The first-order chi connectivity index (χ1) is 8.19. The molecule has 1 aliphatic heterocycles. The molecule has 2 rings (SSSR count). The third kappa shape index (κ3) is 3.13. The molecule has 1 aromatic rings. The summed E-state index contributed by atoms with van der Waals surface area (Å²) in [6.07, 6.45) is 3.13. The zero-order chi connectivity index (χ0) is 12.3. The van der Waals surface area contributed by atoms with Gasteiger partial charge in [0.2, 0.25) is 0 Å². The zero-order valence-electron chi connectivity index (χ0n) is 10.2. The van der Waals surface area contributed by atoms with E-state index in [0.717, 1.165) is 13.1 Å². The number of likely N-dealkylation sites (tertiary alicyclic amines) is 1. The molecule has 0 bridgehead atoms. The van der Waals surface area contributed by atoms with Crippen molar-refractivity contribution < 1.29 is 9.18 Å². The van der Waals surface area contributed by atoms with E-state index in [4.69, 9.17) is 0 Å². The molecule has 0 unspecified atom stereocenters. The van der Waals surface area contributed by atoms with Crippen molar-refractivity contribution in [2.45, 2.75) is 26.3 Å². The minimum absolute atomic E-state index is 0.271. The summed E-state index contributed by atoms with van der Waals surface area (Å²) in [6.45, 7) is 4.96. The Kier molecular flexibility index (Phi) is 3.89. The Labute approximate surface area is 101 Å². The predicted molar refractivity (Wildman–Crippen MR) is 65.5 cm³/mol. The number of hydrogen-bond acceptors (Lipinski definition) is 2. The van der Waals surface area contributed by atoms with Crippen LogP contribution in [0, 0.1) is 11.7 Å². The van der Waals surface area contributed by atoms with Crippen molar-refractivity contribution in [3.63, 3.8) is 0 Å². The lowest BCUT2D eigenvalue weighted by Gasteiger charge is -2.30. The van der Waals surface area contributed by atoms with Crippen LogP contribution in [0.2, 0.25) is 0 Å². The molecule has 0 spiro atoms. The van der Waals surface area contributed by atoms with Crippen molar-refractivity contribution in [1.82, 2.24) is 4.90 Å². The van der Waals surface area contributed by atoms with E-state index in [-0.39, 0.29) is 5.82 Å². The van der Waals surface area contributed by atoms with Gasteiger partial charge in [0.1, 0.15) is 12.1 Å². The van der Waals surface area contributed by atoms with Gasteiger partial charge >= 0.3 is 0 Å². The van der Waals surface area contributed by atoms with Gasteiger partial charge < -0.3 is 0 Å². The molecule has 3 heteroatoms. The van der Waals surface area contributed by atoms with Crippen LogP contribution in [0.1, 0.15) is 35.7 Å². The fourth-order valence-corrected chi connectivity index (χ4v) is 2.44. The largest absolute Gasteiger partial charge is 0.299 e. The van der Waals surface area contributed by atoms with Crippen LogP contribution in [0.4, 0.5) is 4.39 Å². The van der Waals surface area contributed by atoms with Crippen LogP contribution in [0.15, 0.2) is 18.2 Å². The number of benzene rings is 1. The van der Waals surface area contributed by atoms with Gasteiger partial charge in [0.15, 0.2) is 0 Å². The third-order valence-electron chi connectivity index (χ3n) is 3.35. The van der Waals surface area contributed by atoms with Crippen molar-refractivity contribution in [3.8, 4) is 0 Å². The van der Waals surface area contributed by atoms with Crippen LogP contribution in [-0.4, -0.2) is 24.3 Å². The van der Waals surface area contributed by atoms with Crippen LogP contribution in [0.5, 0.6) is 0 Å². The van der Waals surface area contributed by atoms with Crippen molar-refractivity contribution in [2.24, 2.45) is 5.92 Å². The average molecular weight is 235 g/mol. The van der Waals surface area contributed by atoms with Crippen LogP contribution < -0.4 is 0 Å². The topological polar surface area (TPSA) is 20.3 Å². The Hall–Kier alpha value is -1.22. The molecule has 1 heterocycles. The average Bonchev–Trinajstić information content (AvgIpc) is 2.32. The van der Waals surface area contributed by atoms with E-state index >= 15 is 0 Å². The van der Waals surface area contributed by atoms with E-state index in [1.54, 1.807) is 12.1 Å². The van der Waals surface area contributed by atoms with Gasteiger partial charge in [-0.15, -0.1) is 0 Å². The standard InChI is InChI=1S/C14H18FNO/c1-11-3-2-6-16(8-11)9-13-5-4-12(10-17)7-14(13)15/h4-5,7,10-11H,2-3,6,8-9H2,1H3/t11-/m1/s1. The van der Waals surface area contributed by atoms with Gasteiger partial charge in [-0.05, 0) is 31.4 Å². The van der Waals surface area contributed by atoms with Gasteiger partial charge in [-0.1, -0.05) is 19.1 Å². The molecule has 1 aliphatic rings. The molecule has 0 radical (unpaired) electrons. The van der Waals surface area contributed by atoms with E-state index in [9.17, 15) is 9.18 Å². The summed E-state index contributed by atoms with van der Waals surface area (Å²) in [6, 6.07) is 4.72. The third-order valence-corrected chi connectivity index (χ3v) is 3.35. The molecule has 2 nitrogen and oxygen atoms in total. The number of piperidine rings is 1. The smallest absolute Gasteiger partial charge is 0.150 e. The molecule has 0 aromatic heterocycles. The first-order valence-corrected chi connectivity index (χ1v) is 6.15. The predicted octanol–water partition coefficient (Wildman–Crippen LogP) is 2.87. The zero-order valence-corrected chi connectivity index (χ0v) is 10.2. The highest BCUT2D eigenvalue weighted by molar-refractivity contribution is 5.74. The van der Waals surface area contributed by atoms with E-state index in [1.807, 2.05) is 0 Å². The van der Waals surface area contributed by atoms with Crippen LogP contribution in [-0.2, 0) is 6.54 Å². The van der Waals surface area contributed by atoms with Crippen LogP contribution >= 0.6 is 0 Å². The van der Waals surface area contributed by atoms with Gasteiger partial charge in [0, 0.05) is 24.2 Å². The molecule has 0 aliphatic carbocycles. The normalized spacial score (nSPS) is 21.4. The first kappa shape index (κ1) is 12.2. The highest BCUT2D eigenvalue weighted by atomic mass is 19.1. The second kappa shape index (κ2) is 5.41. The number of rotatable bonds is 3. The number of hydrogen-bond donors (Lipinski definition) is 0. The van der Waals surface area contributed by atoms with E-state index < -0.39 is 0 Å². The highest BCUT2D eigenvalue weighted by Crippen LogP contribution is 2.19. The molecular weight excluding hydrogens is 217 g/mol. The van der Waals surface area contributed by atoms with Gasteiger partial charge in [-0.25, -0.2) is 4.39 Å². The number of carbonyl (C=O) groups excluding carboxylic acids is 1. The fraction of sp³-hybridized carbons (Fsp3) is 0.500. The summed E-state index contributed by atoms with van der Waals surface area (Å²) in [5.41, 5.74) is 1.09.